The van der Waals surface area contributed by atoms with Crippen LogP contribution in [0.1, 0.15) is 24.6 Å². The molecule has 0 aromatic carbocycles. The second kappa shape index (κ2) is 4.99. The molecule has 3 rings (SSSR count). The molecule has 7 heteroatoms. The molecule has 1 atom stereocenters. The molecule has 0 radical (unpaired) electrons. The van der Waals surface area contributed by atoms with Crippen LogP contribution >= 0.6 is 11.3 Å². The van der Waals surface area contributed by atoms with Crippen LogP contribution < -0.4 is 0 Å². The van der Waals surface area contributed by atoms with Gasteiger partial charge in [0, 0.05) is 18.9 Å². The van der Waals surface area contributed by atoms with Crippen LogP contribution in [0.5, 0.6) is 0 Å². The molecule has 1 fully saturated rings. The van der Waals surface area contributed by atoms with Crippen LogP contribution in [0.15, 0.2) is 40.3 Å². The molecule has 1 aliphatic rings. The molecule has 2 aromatic rings. The molecule has 100 valence electrons. The molecule has 0 aliphatic carbocycles. The van der Waals surface area contributed by atoms with Gasteiger partial charge < -0.3 is 0 Å². The average Bonchev–Trinajstić information content (AvgIpc) is 3.11. The maximum atomic E-state index is 12.6. The van der Waals surface area contributed by atoms with Gasteiger partial charge in [-0.3, -0.25) is 9.97 Å². The highest BCUT2D eigenvalue weighted by atomic mass is 32.2. The minimum Gasteiger partial charge on any atom is -0.261 e. The molecule has 0 bridgehead atoms. The summed E-state index contributed by atoms with van der Waals surface area (Å²) >= 11 is 1.25. The Morgan fingerprint density at radius 3 is 2.95 bits per heavy atom. The van der Waals surface area contributed by atoms with Gasteiger partial charge in [0.25, 0.3) is 10.0 Å². The summed E-state index contributed by atoms with van der Waals surface area (Å²) < 4.78 is 27.1. The zero-order valence-corrected chi connectivity index (χ0v) is 11.8. The smallest absolute Gasteiger partial charge is 0.253 e. The first-order valence-corrected chi connectivity index (χ1v) is 8.33. The van der Waals surface area contributed by atoms with E-state index in [4.69, 9.17) is 0 Å². The number of aromatic nitrogens is 2. The fourth-order valence-electron chi connectivity index (χ4n) is 2.33. The fourth-order valence-corrected chi connectivity index (χ4v) is 5.12. The van der Waals surface area contributed by atoms with Crippen LogP contribution in [-0.2, 0) is 10.0 Å². The van der Waals surface area contributed by atoms with Crippen molar-refractivity contribution in [1.29, 1.82) is 0 Å². The third-order valence-electron chi connectivity index (χ3n) is 3.19. The summed E-state index contributed by atoms with van der Waals surface area (Å²) in [5.74, 6) is 0. The predicted octanol–water partition coefficient (Wildman–Crippen LogP) is 2.06. The van der Waals surface area contributed by atoms with E-state index >= 15 is 0 Å². The molecule has 0 saturated carbocycles. The van der Waals surface area contributed by atoms with Gasteiger partial charge in [0.05, 0.1) is 17.9 Å². The minimum atomic E-state index is -3.41. The monoisotopic (exact) mass is 295 g/mol. The minimum absolute atomic E-state index is 0.194. The van der Waals surface area contributed by atoms with E-state index in [1.54, 1.807) is 40.4 Å². The maximum absolute atomic E-state index is 12.6. The van der Waals surface area contributed by atoms with Gasteiger partial charge in [-0.1, -0.05) is 6.07 Å². The highest BCUT2D eigenvalue weighted by molar-refractivity contribution is 7.91. The van der Waals surface area contributed by atoms with Gasteiger partial charge in [-0.05, 0) is 24.3 Å². The first-order valence-electron chi connectivity index (χ1n) is 6.01. The third kappa shape index (κ3) is 2.29. The fraction of sp³-hybridized carbons (Fsp3) is 0.333. The van der Waals surface area contributed by atoms with Gasteiger partial charge in [0.15, 0.2) is 0 Å². The van der Waals surface area contributed by atoms with Crippen molar-refractivity contribution in [1.82, 2.24) is 14.3 Å². The van der Waals surface area contributed by atoms with E-state index in [-0.39, 0.29) is 6.04 Å². The summed E-state index contributed by atoms with van der Waals surface area (Å²) in [6, 6.07) is 3.21. The van der Waals surface area contributed by atoms with E-state index in [2.05, 4.69) is 9.97 Å². The van der Waals surface area contributed by atoms with E-state index in [0.29, 0.717) is 10.8 Å². The lowest BCUT2D eigenvalue weighted by molar-refractivity contribution is 0.391. The Balaban J connectivity index is 1.97. The molecule has 19 heavy (non-hydrogen) atoms. The summed E-state index contributed by atoms with van der Waals surface area (Å²) in [6.07, 6.45) is 6.49. The van der Waals surface area contributed by atoms with Crippen molar-refractivity contribution in [3.63, 3.8) is 0 Å². The zero-order valence-electron chi connectivity index (χ0n) is 10.1. The largest absolute Gasteiger partial charge is 0.261 e. The highest BCUT2D eigenvalue weighted by Gasteiger charge is 2.37. The molecule has 2 aromatic heterocycles. The third-order valence-corrected chi connectivity index (χ3v) is 6.47. The first-order chi connectivity index (χ1) is 9.19. The molecule has 1 saturated heterocycles. The molecular formula is C12H13N3O2S2. The lowest BCUT2D eigenvalue weighted by atomic mass is 10.2. The molecule has 0 unspecified atom stereocenters. The Morgan fingerprint density at radius 2 is 2.26 bits per heavy atom. The lowest BCUT2D eigenvalue weighted by Crippen LogP contribution is -2.30. The Hall–Kier alpha value is -1.31. The van der Waals surface area contributed by atoms with E-state index in [1.165, 1.54) is 11.3 Å². The standard InChI is InChI=1S/C12H13N3O2S2/c16-19(17,12-4-2-8-18-12)15-7-1-3-11(15)10-9-13-5-6-14-10/h2,4-6,8-9,11H,1,3,7H2/t11-/m1/s1. The maximum Gasteiger partial charge on any atom is 0.253 e. The number of nitrogens with zero attached hydrogens (tertiary/aromatic N) is 3. The van der Waals surface area contributed by atoms with Gasteiger partial charge in [-0.15, -0.1) is 11.3 Å². The van der Waals surface area contributed by atoms with E-state index in [9.17, 15) is 8.42 Å². The van der Waals surface area contributed by atoms with Crippen molar-refractivity contribution in [3.8, 4) is 0 Å². The molecule has 5 nitrogen and oxygen atoms in total. The van der Waals surface area contributed by atoms with Crippen LogP contribution in [-0.4, -0.2) is 29.2 Å². The molecule has 0 N–H and O–H groups in total. The second-order valence-corrected chi connectivity index (χ2v) is 7.40. The van der Waals surface area contributed by atoms with E-state index in [0.717, 1.165) is 18.5 Å². The summed E-state index contributed by atoms with van der Waals surface area (Å²) in [4.78, 5) is 8.27. The molecule has 0 spiro atoms. The van der Waals surface area contributed by atoms with E-state index in [1.807, 2.05) is 0 Å². The Morgan fingerprint density at radius 1 is 1.37 bits per heavy atom. The van der Waals surface area contributed by atoms with E-state index < -0.39 is 10.0 Å². The van der Waals surface area contributed by atoms with Crippen LogP contribution in [0.4, 0.5) is 0 Å². The zero-order chi connectivity index (χ0) is 13.3. The van der Waals surface area contributed by atoms with Crippen molar-refractivity contribution < 1.29 is 8.42 Å². The van der Waals surface area contributed by atoms with Gasteiger partial charge in [0.1, 0.15) is 4.21 Å². The normalized spacial score (nSPS) is 20.7. The number of sulfonamides is 1. The van der Waals surface area contributed by atoms with Crippen LogP contribution in [0.3, 0.4) is 0 Å². The SMILES string of the molecule is O=S(=O)(c1cccs1)N1CCC[C@@H]1c1cnccn1. The summed E-state index contributed by atoms with van der Waals surface area (Å²) in [7, 11) is -3.41. The molecule has 0 amide bonds. The Bertz CT molecular complexity index is 641. The summed E-state index contributed by atoms with van der Waals surface area (Å²) in [5, 5.41) is 1.78. The van der Waals surface area contributed by atoms with Gasteiger partial charge in [-0.25, -0.2) is 8.42 Å². The van der Waals surface area contributed by atoms with Crippen LogP contribution in [0, 0.1) is 0 Å². The van der Waals surface area contributed by atoms with Crippen molar-refractivity contribution in [3.05, 3.63) is 41.8 Å². The van der Waals surface area contributed by atoms with Crippen LogP contribution in [0.2, 0.25) is 0 Å². The summed E-state index contributed by atoms with van der Waals surface area (Å²) in [6.45, 7) is 0.543. The second-order valence-electron chi connectivity index (χ2n) is 4.34. The highest BCUT2D eigenvalue weighted by Crippen LogP contribution is 2.36. The van der Waals surface area contributed by atoms with Crippen molar-refractivity contribution in [2.45, 2.75) is 23.1 Å². The average molecular weight is 295 g/mol. The van der Waals surface area contributed by atoms with Crippen molar-refractivity contribution in [2.75, 3.05) is 6.54 Å². The number of rotatable bonds is 3. The van der Waals surface area contributed by atoms with Crippen molar-refractivity contribution in [2.24, 2.45) is 0 Å². The Labute approximate surface area is 116 Å². The van der Waals surface area contributed by atoms with Crippen molar-refractivity contribution >= 4 is 21.4 Å². The number of hydrogen-bond acceptors (Lipinski definition) is 5. The quantitative estimate of drug-likeness (QED) is 0.869. The molecule has 1 aliphatic heterocycles. The van der Waals surface area contributed by atoms with Gasteiger partial charge in [-0.2, -0.15) is 4.31 Å². The van der Waals surface area contributed by atoms with Gasteiger partial charge in [0.2, 0.25) is 0 Å². The number of thiophene rings is 1. The summed E-state index contributed by atoms with van der Waals surface area (Å²) in [5.41, 5.74) is 0.722. The predicted molar refractivity (Wildman–Crippen MR) is 72.2 cm³/mol. The first kappa shape index (κ1) is 12.7. The lowest BCUT2D eigenvalue weighted by Gasteiger charge is -2.22. The number of hydrogen-bond donors (Lipinski definition) is 0. The topological polar surface area (TPSA) is 63.2 Å². The van der Waals surface area contributed by atoms with Gasteiger partial charge >= 0.3 is 0 Å². The Kier molecular flexibility index (Phi) is 3.34. The molecular weight excluding hydrogens is 282 g/mol. The molecule has 3 heterocycles. The van der Waals surface area contributed by atoms with Crippen LogP contribution in [0.25, 0.3) is 0 Å².